The third kappa shape index (κ3) is 2.52. The van der Waals surface area contributed by atoms with Gasteiger partial charge in [-0.25, -0.2) is 0 Å². The van der Waals surface area contributed by atoms with Gasteiger partial charge in [0.25, 0.3) is 5.91 Å². The van der Waals surface area contributed by atoms with E-state index in [1.165, 1.54) is 0 Å². The summed E-state index contributed by atoms with van der Waals surface area (Å²) in [5.74, 6) is 1.20. The average molecular weight is 310 g/mol. The quantitative estimate of drug-likeness (QED) is 0.856. The van der Waals surface area contributed by atoms with Crippen molar-refractivity contribution in [2.24, 2.45) is 0 Å². The lowest BCUT2D eigenvalue weighted by Gasteiger charge is -2.27. The van der Waals surface area contributed by atoms with Crippen LogP contribution in [-0.2, 0) is 0 Å². The van der Waals surface area contributed by atoms with E-state index in [1.807, 2.05) is 41.3 Å². The molecule has 1 fully saturated rings. The number of para-hydroxylation sites is 1. The van der Waals surface area contributed by atoms with Gasteiger partial charge in [-0.05, 0) is 37.1 Å². The van der Waals surface area contributed by atoms with Gasteiger partial charge in [0.1, 0.15) is 13.2 Å². The van der Waals surface area contributed by atoms with Crippen LogP contribution in [0.5, 0.6) is 11.5 Å². The topological polar surface area (TPSA) is 51.7 Å². The molecule has 118 valence electrons. The smallest absolute Gasteiger partial charge is 0.258 e. The maximum absolute atomic E-state index is 13.1. The third-order valence-corrected chi connectivity index (χ3v) is 4.34. The average Bonchev–Trinajstić information content (AvgIpc) is 3.11. The van der Waals surface area contributed by atoms with E-state index in [2.05, 4.69) is 4.98 Å². The molecule has 2 aliphatic rings. The number of hydrogen-bond donors (Lipinski definition) is 0. The molecule has 1 amide bonds. The van der Waals surface area contributed by atoms with Crippen molar-refractivity contribution >= 4 is 5.91 Å². The van der Waals surface area contributed by atoms with Crippen molar-refractivity contribution in [3.05, 3.63) is 53.9 Å². The van der Waals surface area contributed by atoms with Gasteiger partial charge in [-0.1, -0.05) is 12.1 Å². The van der Waals surface area contributed by atoms with Gasteiger partial charge in [-0.2, -0.15) is 0 Å². The fourth-order valence-corrected chi connectivity index (χ4v) is 3.29. The first-order valence-corrected chi connectivity index (χ1v) is 7.95. The largest absolute Gasteiger partial charge is 0.486 e. The second-order valence-corrected chi connectivity index (χ2v) is 5.74. The Morgan fingerprint density at radius 3 is 2.91 bits per heavy atom. The molecule has 0 spiro atoms. The molecule has 4 rings (SSSR count). The molecule has 5 nitrogen and oxygen atoms in total. The summed E-state index contributed by atoms with van der Waals surface area (Å²) in [5, 5.41) is 0. The summed E-state index contributed by atoms with van der Waals surface area (Å²) in [6, 6.07) is 11.4. The van der Waals surface area contributed by atoms with Gasteiger partial charge in [0.15, 0.2) is 11.5 Å². The minimum Gasteiger partial charge on any atom is -0.486 e. The second-order valence-electron chi connectivity index (χ2n) is 5.74. The molecule has 0 N–H and O–H groups in total. The highest BCUT2D eigenvalue weighted by atomic mass is 16.6. The van der Waals surface area contributed by atoms with Crippen LogP contribution in [-0.4, -0.2) is 35.5 Å². The molecule has 23 heavy (non-hydrogen) atoms. The van der Waals surface area contributed by atoms with E-state index in [0.717, 1.165) is 25.1 Å². The number of fused-ring (bicyclic) bond motifs is 1. The summed E-state index contributed by atoms with van der Waals surface area (Å²) in [6.07, 6.45) is 3.70. The van der Waals surface area contributed by atoms with Gasteiger partial charge in [0.2, 0.25) is 0 Å². The zero-order valence-electron chi connectivity index (χ0n) is 12.8. The van der Waals surface area contributed by atoms with E-state index in [1.54, 1.807) is 6.20 Å². The molecule has 2 aliphatic heterocycles. The Labute approximate surface area is 134 Å². The first-order chi connectivity index (χ1) is 11.3. The maximum Gasteiger partial charge on any atom is 0.258 e. The van der Waals surface area contributed by atoms with Crippen LogP contribution >= 0.6 is 0 Å². The number of benzene rings is 1. The lowest BCUT2D eigenvalue weighted by molar-refractivity contribution is 0.0722. The van der Waals surface area contributed by atoms with Crippen molar-refractivity contribution in [1.29, 1.82) is 0 Å². The summed E-state index contributed by atoms with van der Waals surface area (Å²) >= 11 is 0. The van der Waals surface area contributed by atoms with Crippen molar-refractivity contribution in [2.75, 3.05) is 19.8 Å². The highest BCUT2D eigenvalue weighted by Crippen LogP contribution is 2.37. The number of nitrogens with zero attached hydrogens (tertiary/aromatic N) is 2. The fourth-order valence-electron chi connectivity index (χ4n) is 3.29. The molecule has 5 heteroatoms. The van der Waals surface area contributed by atoms with E-state index >= 15 is 0 Å². The Morgan fingerprint density at radius 2 is 2.04 bits per heavy atom. The Balaban J connectivity index is 1.66. The summed E-state index contributed by atoms with van der Waals surface area (Å²) in [4.78, 5) is 19.4. The summed E-state index contributed by atoms with van der Waals surface area (Å²) in [5.41, 5.74) is 1.52. The molecule has 1 atom stereocenters. The molecule has 2 aromatic rings. The van der Waals surface area contributed by atoms with Crippen LogP contribution in [0.25, 0.3) is 0 Å². The highest BCUT2D eigenvalue weighted by molar-refractivity contribution is 5.98. The summed E-state index contributed by atoms with van der Waals surface area (Å²) in [7, 11) is 0. The van der Waals surface area contributed by atoms with Crippen LogP contribution in [0.1, 0.15) is 34.9 Å². The zero-order chi connectivity index (χ0) is 15.6. The minimum absolute atomic E-state index is 0.0134. The Morgan fingerprint density at radius 1 is 1.13 bits per heavy atom. The SMILES string of the molecule is O=C(c1cccc2c1OCCO2)N1CCC[C@@H]1c1ccccn1. The van der Waals surface area contributed by atoms with Crippen molar-refractivity contribution in [3.8, 4) is 11.5 Å². The van der Waals surface area contributed by atoms with E-state index in [4.69, 9.17) is 9.47 Å². The van der Waals surface area contributed by atoms with Crippen LogP contribution in [0, 0.1) is 0 Å². The Hall–Kier alpha value is -2.56. The minimum atomic E-state index is -0.0134. The molecule has 0 unspecified atom stereocenters. The molecule has 0 aliphatic carbocycles. The first-order valence-electron chi connectivity index (χ1n) is 7.95. The van der Waals surface area contributed by atoms with Gasteiger partial charge >= 0.3 is 0 Å². The molecule has 0 bridgehead atoms. The number of likely N-dealkylation sites (tertiary alicyclic amines) is 1. The van der Waals surface area contributed by atoms with Gasteiger partial charge in [0, 0.05) is 12.7 Å². The Kier molecular flexibility index (Phi) is 3.61. The third-order valence-electron chi connectivity index (χ3n) is 4.34. The van der Waals surface area contributed by atoms with Crippen molar-refractivity contribution in [1.82, 2.24) is 9.88 Å². The van der Waals surface area contributed by atoms with E-state index in [0.29, 0.717) is 30.3 Å². The molecule has 1 saturated heterocycles. The predicted octanol–water partition coefficient (Wildman–Crippen LogP) is 2.83. The van der Waals surface area contributed by atoms with E-state index in [9.17, 15) is 4.79 Å². The number of hydrogen-bond acceptors (Lipinski definition) is 4. The highest BCUT2D eigenvalue weighted by Gasteiger charge is 2.33. The molecule has 0 radical (unpaired) electrons. The van der Waals surface area contributed by atoms with Crippen LogP contribution in [0.3, 0.4) is 0 Å². The molecular formula is C18H18N2O3. The summed E-state index contributed by atoms with van der Waals surface area (Å²) < 4.78 is 11.3. The predicted molar refractivity (Wildman–Crippen MR) is 84.7 cm³/mol. The van der Waals surface area contributed by atoms with Crippen molar-refractivity contribution in [3.63, 3.8) is 0 Å². The summed E-state index contributed by atoms with van der Waals surface area (Å²) in [6.45, 7) is 1.73. The number of carbonyl (C=O) groups is 1. The maximum atomic E-state index is 13.1. The number of ether oxygens (including phenoxy) is 2. The van der Waals surface area contributed by atoms with Crippen molar-refractivity contribution < 1.29 is 14.3 Å². The van der Waals surface area contributed by atoms with Crippen LogP contribution in [0.15, 0.2) is 42.6 Å². The van der Waals surface area contributed by atoms with Gasteiger partial charge in [-0.15, -0.1) is 0 Å². The van der Waals surface area contributed by atoms with Gasteiger partial charge in [0.05, 0.1) is 17.3 Å². The standard InChI is InChI=1S/C18H18N2O3/c21-18(13-5-3-8-16-17(13)23-12-11-22-16)20-10-4-7-15(20)14-6-1-2-9-19-14/h1-3,5-6,8-9,15H,4,7,10-12H2/t15-/m1/s1. The van der Waals surface area contributed by atoms with Crippen LogP contribution in [0.4, 0.5) is 0 Å². The normalized spacial score (nSPS) is 19.7. The fraction of sp³-hybridized carbons (Fsp3) is 0.333. The second kappa shape index (κ2) is 5.91. The molecule has 1 aromatic heterocycles. The number of amides is 1. The molecule has 0 saturated carbocycles. The lowest BCUT2D eigenvalue weighted by Crippen LogP contribution is -2.32. The monoisotopic (exact) mass is 310 g/mol. The van der Waals surface area contributed by atoms with Crippen LogP contribution in [0.2, 0.25) is 0 Å². The van der Waals surface area contributed by atoms with Crippen molar-refractivity contribution in [2.45, 2.75) is 18.9 Å². The van der Waals surface area contributed by atoms with Gasteiger partial charge in [-0.3, -0.25) is 9.78 Å². The molecule has 3 heterocycles. The number of carbonyl (C=O) groups excluding carboxylic acids is 1. The lowest BCUT2D eigenvalue weighted by atomic mass is 10.1. The first kappa shape index (κ1) is 14.1. The zero-order valence-corrected chi connectivity index (χ0v) is 12.8. The van der Waals surface area contributed by atoms with Gasteiger partial charge < -0.3 is 14.4 Å². The molecular weight excluding hydrogens is 292 g/mol. The number of pyridine rings is 1. The molecule has 1 aromatic carbocycles. The van der Waals surface area contributed by atoms with Crippen LogP contribution < -0.4 is 9.47 Å². The Bertz CT molecular complexity index is 717. The number of rotatable bonds is 2. The van der Waals surface area contributed by atoms with E-state index in [-0.39, 0.29) is 11.9 Å². The number of aromatic nitrogens is 1. The van der Waals surface area contributed by atoms with E-state index < -0.39 is 0 Å².